The lowest BCUT2D eigenvalue weighted by Crippen LogP contribution is -2.33. The van der Waals surface area contributed by atoms with Gasteiger partial charge in [0.15, 0.2) is 0 Å². The molecular formula is C19H27N3. The van der Waals surface area contributed by atoms with E-state index in [-0.39, 0.29) is 0 Å². The van der Waals surface area contributed by atoms with Crippen LogP contribution < -0.4 is 5.32 Å². The summed E-state index contributed by atoms with van der Waals surface area (Å²) >= 11 is 0. The molecule has 22 heavy (non-hydrogen) atoms. The van der Waals surface area contributed by atoms with E-state index in [0.29, 0.717) is 12.1 Å². The molecule has 3 rings (SSSR count). The molecule has 3 nitrogen and oxygen atoms in total. The van der Waals surface area contributed by atoms with Crippen LogP contribution in [0.1, 0.15) is 56.3 Å². The van der Waals surface area contributed by atoms with Crippen LogP contribution in [0, 0.1) is 0 Å². The summed E-state index contributed by atoms with van der Waals surface area (Å²) in [5.41, 5.74) is 4.46. The fraction of sp³-hybridized carbons (Fsp3) is 0.526. The smallest absolute Gasteiger partial charge is 0.124 e. The molecule has 0 amide bonds. The summed E-state index contributed by atoms with van der Waals surface area (Å²) in [4.78, 5) is 6.86. The molecule has 2 aliphatic rings. The van der Waals surface area contributed by atoms with Gasteiger partial charge < -0.3 is 10.2 Å². The first kappa shape index (κ1) is 15.1. The van der Waals surface area contributed by atoms with E-state index in [1.807, 2.05) is 0 Å². The van der Waals surface area contributed by atoms with Crippen molar-refractivity contribution in [2.45, 2.75) is 58.5 Å². The highest BCUT2D eigenvalue weighted by atomic mass is 15.2. The highest BCUT2D eigenvalue weighted by Crippen LogP contribution is 2.24. The van der Waals surface area contributed by atoms with Gasteiger partial charge in [0.05, 0.1) is 0 Å². The van der Waals surface area contributed by atoms with E-state index < -0.39 is 0 Å². The molecule has 1 aliphatic heterocycles. The molecule has 0 fully saturated rings. The van der Waals surface area contributed by atoms with Crippen molar-refractivity contribution in [3.8, 4) is 0 Å². The first-order valence-electron chi connectivity index (χ1n) is 8.50. The number of nitrogens with one attached hydrogen (secondary N) is 1. The lowest BCUT2D eigenvalue weighted by molar-refractivity contribution is 0.317. The van der Waals surface area contributed by atoms with Gasteiger partial charge in [-0.15, -0.1) is 0 Å². The summed E-state index contributed by atoms with van der Waals surface area (Å²) in [6.07, 6.45) is 9.38. The van der Waals surface area contributed by atoms with Crippen LogP contribution in [-0.2, 0) is 12.8 Å². The molecule has 0 bridgehead atoms. The van der Waals surface area contributed by atoms with Gasteiger partial charge in [-0.2, -0.15) is 0 Å². The molecule has 0 saturated heterocycles. The fourth-order valence-corrected chi connectivity index (χ4v) is 3.18. The lowest BCUT2D eigenvalue weighted by Gasteiger charge is -2.27. The zero-order valence-corrected chi connectivity index (χ0v) is 14.0. The van der Waals surface area contributed by atoms with Crippen LogP contribution in [0.5, 0.6) is 0 Å². The molecule has 1 aromatic carbocycles. The van der Waals surface area contributed by atoms with Crippen molar-refractivity contribution >= 4 is 5.84 Å². The van der Waals surface area contributed by atoms with Gasteiger partial charge in [-0.3, -0.25) is 0 Å². The normalized spacial score (nSPS) is 18.9. The Labute approximate surface area is 134 Å². The number of rotatable bonds is 3. The van der Waals surface area contributed by atoms with Gasteiger partial charge in [-0.1, -0.05) is 18.2 Å². The third-order valence-electron chi connectivity index (χ3n) is 4.73. The van der Waals surface area contributed by atoms with Crippen LogP contribution in [0.15, 0.2) is 35.5 Å². The van der Waals surface area contributed by atoms with Gasteiger partial charge in [0.25, 0.3) is 0 Å². The molecule has 0 radical (unpaired) electrons. The number of benzene rings is 1. The number of hydrogen-bond acceptors (Lipinski definition) is 3. The van der Waals surface area contributed by atoms with E-state index in [9.17, 15) is 0 Å². The quantitative estimate of drug-likeness (QED) is 0.918. The van der Waals surface area contributed by atoms with E-state index in [4.69, 9.17) is 0 Å². The number of aliphatic imine (C=N–C) groups is 1. The van der Waals surface area contributed by atoms with E-state index in [2.05, 4.69) is 66.5 Å². The van der Waals surface area contributed by atoms with Gasteiger partial charge in [-0.25, -0.2) is 4.99 Å². The monoisotopic (exact) mass is 297 g/mol. The van der Waals surface area contributed by atoms with Crippen molar-refractivity contribution in [2.75, 3.05) is 6.67 Å². The van der Waals surface area contributed by atoms with Gasteiger partial charge in [0.2, 0.25) is 0 Å². The van der Waals surface area contributed by atoms with Gasteiger partial charge in [0.1, 0.15) is 12.5 Å². The summed E-state index contributed by atoms with van der Waals surface area (Å²) in [5.74, 6) is 0.988. The molecular weight excluding hydrogens is 270 g/mol. The third-order valence-corrected chi connectivity index (χ3v) is 4.73. The third kappa shape index (κ3) is 3.34. The highest BCUT2D eigenvalue weighted by Gasteiger charge is 2.14. The Kier molecular flexibility index (Phi) is 4.51. The van der Waals surface area contributed by atoms with Crippen LogP contribution in [0.25, 0.3) is 0 Å². The number of fused-ring (bicyclic) bond motifs is 1. The molecule has 1 aromatic rings. The van der Waals surface area contributed by atoms with Crippen molar-refractivity contribution in [1.29, 1.82) is 0 Å². The average Bonchev–Trinajstić information content (AvgIpc) is 2.55. The number of amidine groups is 1. The highest BCUT2D eigenvalue weighted by molar-refractivity contribution is 5.93. The van der Waals surface area contributed by atoms with Crippen LogP contribution in [0.2, 0.25) is 0 Å². The Morgan fingerprint density at radius 1 is 1.09 bits per heavy atom. The number of aryl methyl sites for hydroxylation is 2. The maximum Gasteiger partial charge on any atom is 0.124 e. The van der Waals surface area contributed by atoms with E-state index in [0.717, 1.165) is 12.5 Å². The lowest BCUT2D eigenvalue weighted by atomic mass is 9.89. The molecule has 118 valence electrons. The fourth-order valence-electron chi connectivity index (χ4n) is 3.18. The Bertz CT molecular complexity index is 586. The largest absolute Gasteiger partial charge is 0.364 e. The van der Waals surface area contributed by atoms with Crippen LogP contribution in [-0.4, -0.2) is 23.4 Å². The van der Waals surface area contributed by atoms with E-state index in [1.54, 1.807) is 11.1 Å². The predicted octanol–water partition coefficient (Wildman–Crippen LogP) is 3.81. The Morgan fingerprint density at radius 3 is 2.55 bits per heavy atom. The first-order valence-corrected chi connectivity index (χ1v) is 8.50. The first-order chi connectivity index (χ1) is 10.6. The van der Waals surface area contributed by atoms with Crippen molar-refractivity contribution in [1.82, 2.24) is 10.2 Å². The summed E-state index contributed by atoms with van der Waals surface area (Å²) in [6, 6.07) is 7.77. The number of hydrogen-bond donors (Lipinski definition) is 1. The Balaban J connectivity index is 1.65. The van der Waals surface area contributed by atoms with E-state index in [1.165, 1.54) is 31.2 Å². The standard InChI is InChI=1S/C19H27N3/c1-14(2)22-11-10-19(20-13-22)21-15(3)17-9-8-16-6-4-5-7-18(16)12-17/h8-12,14-15H,4-7,13H2,1-3H3,(H,20,21)/t15-/m0/s1. The zero-order chi connectivity index (χ0) is 15.5. The Morgan fingerprint density at radius 2 is 1.86 bits per heavy atom. The van der Waals surface area contributed by atoms with E-state index >= 15 is 0 Å². The minimum Gasteiger partial charge on any atom is -0.364 e. The summed E-state index contributed by atoms with van der Waals surface area (Å²) in [5, 5.41) is 3.54. The van der Waals surface area contributed by atoms with Crippen molar-refractivity contribution in [2.24, 2.45) is 4.99 Å². The maximum atomic E-state index is 4.63. The molecule has 1 aliphatic carbocycles. The van der Waals surface area contributed by atoms with Crippen LogP contribution in [0.4, 0.5) is 0 Å². The molecule has 0 aromatic heterocycles. The van der Waals surface area contributed by atoms with Gasteiger partial charge in [-0.05, 0) is 69.2 Å². The average molecular weight is 297 g/mol. The van der Waals surface area contributed by atoms with Crippen molar-refractivity contribution in [3.63, 3.8) is 0 Å². The Hall–Kier alpha value is -1.77. The molecule has 1 heterocycles. The topological polar surface area (TPSA) is 27.6 Å². The molecule has 0 spiro atoms. The number of nitrogens with zero attached hydrogens (tertiary/aromatic N) is 2. The second kappa shape index (κ2) is 6.55. The molecule has 3 heteroatoms. The van der Waals surface area contributed by atoms with Crippen LogP contribution >= 0.6 is 0 Å². The SMILES string of the molecule is CC(C)N1C=CC(N[C@@H](C)c2ccc3c(c2)CCCC3)=NC1. The predicted molar refractivity (Wildman–Crippen MR) is 93.1 cm³/mol. The minimum absolute atomic E-state index is 0.293. The summed E-state index contributed by atoms with van der Waals surface area (Å²) in [7, 11) is 0. The zero-order valence-electron chi connectivity index (χ0n) is 14.0. The molecule has 0 saturated carbocycles. The second-order valence-electron chi connectivity index (χ2n) is 6.71. The van der Waals surface area contributed by atoms with Gasteiger partial charge in [0, 0.05) is 18.3 Å². The van der Waals surface area contributed by atoms with Crippen LogP contribution in [0.3, 0.4) is 0 Å². The molecule has 1 N–H and O–H groups in total. The maximum absolute atomic E-state index is 4.63. The summed E-state index contributed by atoms with van der Waals surface area (Å²) in [6.45, 7) is 7.34. The van der Waals surface area contributed by atoms with Crippen molar-refractivity contribution in [3.05, 3.63) is 47.2 Å². The summed E-state index contributed by atoms with van der Waals surface area (Å²) < 4.78 is 0. The van der Waals surface area contributed by atoms with Gasteiger partial charge >= 0.3 is 0 Å². The minimum atomic E-state index is 0.293. The second-order valence-corrected chi connectivity index (χ2v) is 6.71. The van der Waals surface area contributed by atoms with Crippen molar-refractivity contribution < 1.29 is 0 Å². The molecule has 0 unspecified atom stereocenters. The molecule has 1 atom stereocenters.